The molecule has 4 aromatic rings. The summed E-state index contributed by atoms with van der Waals surface area (Å²) >= 11 is 8.02. The zero-order valence-electron chi connectivity index (χ0n) is 21.7. The molecule has 5 rings (SSSR count). The molecule has 1 atom stereocenters. The Kier molecular flexibility index (Phi) is 8.71. The molecule has 1 heterocycles. The number of pyridine rings is 1. The van der Waals surface area contributed by atoms with Crippen LogP contribution in [0.3, 0.4) is 0 Å². The molecule has 0 aliphatic heterocycles. The number of carboxylic acids is 1. The van der Waals surface area contributed by atoms with Gasteiger partial charge in [-0.25, -0.2) is 4.98 Å². The first-order valence-electron chi connectivity index (χ1n) is 13.3. The van der Waals surface area contributed by atoms with E-state index < -0.39 is 5.97 Å². The summed E-state index contributed by atoms with van der Waals surface area (Å²) in [6, 6.07) is 26.4. The van der Waals surface area contributed by atoms with Crippen molar-refractivity contribution >= 4 is 52.4 Å². The van der Waals surface area contributed by atoms with E-state index >= 15 is 0 Å². The third-order valence-electron chi connectivity index (χ3n) is 7.44. The Hall–Kier alpha value is -3.12. The molecule has 0 unspecified atom stereocenters. The number of carboxylic acid groups (broad SMARTS) is 1. The SMILES string of the molecule is O=C(O)CC1(CS[C@H](CCc2ccccc2CO)c2cccc(/C=C/c3ccc4ccc(Cl)cc4n3)c2)CC1. The Balaban J connectivity index is 1.35. The smallest absolute Gasteiger partial charge is 0.303 e. The Morgan fingerprint density at radius 2 is 1.79 bits per heavy atom. The molecule has 4 nitrogen and oxygen atoms in total. The molecule has 1 aliphatic rings. The predicted octanol–water partition coefficient (Wildman–Crippen LogP) is 8.21. The van der Waals surface area contributed by atoms with Crippen LogP contribution in [0.25, 0.3) is 23.1 Å². The van der Waals surface area contributed by atoms with E-state index in [0.29, 0.717) is 5.02 Å². The second kappa shape index (κ2) is 12.4. The van der Waals surface area contributed by atoms with Gasteiger partial charge in [0, 0.05) is 21.4 Å². The molecule has 1 fully saturated rings. The molecule has 3 aromatic carbocycles. The molecule has 0 saturated heterocycles. The van der Waals surface area contributed by atoms with E-state index in [1.165, 1.54) is 5.56 Å². The quantitative estimate of drug-likeness (QED) is 0.184. The summed E-state index contributed by atoms with van der Waals surface area (Å²) in [7, 11) is 0. The summed E-state index contributed by atoms with van der Waals surface area (Å²) in [6.45, 7) is 0.0327. The first-order chi connectivity index (χ1) is 18.9. The maximum absolute atomic E-state index is 11.4. The number of carbonyl (C=O) groups is 1. The maximum atomic E-state index is 11.4. The van der Waals surface area contributed by atoms with Gasteiger partial charge in [-0.2, -0.15) is 11.8 Å². The Labute approximate surface area is 238 Å². The topological polar surface area (TPSA) is 70.4 Å². The number of benzene rings is 3. The van der Waals surface area contributed by atoms with Gasteiger partial charge < -0.3 is 10.2 Å². The number of thioether (sulfide) groups is 1. The van der Waals surface area contributed by atoms with Crippen molar-refractivity contribution < 1.29 is 15.0 Å². The summed E-state index contributed by atoms with van der Waals surface area (Å²) in [6.07, 6.45) is 8.07. The highest BCUT2D eigenvalue weighted by Crippen LogP contribution is 2.53. The van der Waals surface area contributed by atoms with Crippen LogP contribution in [0.4, 0.5) is 0 Å². The number of aliphatic hydroxyl groups excluding tert-OH is 1. The van der Waals surface area contributed by atoms with Crippen molar-refractivity contribution in [1.29, 1.82) is 0 Å². The van der Waals surface area contributed by atoms with Gasteiger partial charge in [-0.1, -0.05) is 78.3 Å². The molecule has 39 heavy (non-hydrogen) atoms. The minimum absolute atomic E-state index is 0.0327. The second-order valence-electron chi connectivity index (χ2n) is 10.4. The molecule has 0 bridgehead atoms. The lowest BCUT2D eigenvalue weighted by atomic mass is 9.99. The summed E-state index contributed by atoms with van der Waals surface area (Å²) in [5, 5.41) is 21.1. The Bertz CT molecular complexity index is 1500. The van der Waals surface area contributed by atoms with Gasteiger partial charge in [-0.05, 0) is 77.6 Å². The standard InChI is InChI=1S/C33H32ClNO3S/c34-28-12-9-25-10-14-29(35-30(25)19-28)13-8-23-4-3-7-26(18-23)31(39-22-33(16-17-33)20-32(37)38)15-11-24-5-1-2-6-27(24)21-36/h1-10,12-14,18-19,31,36H,11,15-17,20-22H2,(H,37,38)/b13-8+/t31-/m1/s1. The minimum atomic E-state index is -0.710. The molecule has 0 radical (unpaired) electrons. The van der Waals surface area contributed by atoms with Crippen molar-refractivity contribution in [3.05, 3.63) is 112 Å². The molecular formula is C33H32ClNO3S. The number of aryl methyl sites for hydroxylation is 1. The molecule has 0 spiro atoms. The van der Waals surface area contributed by atoms with Crippen LogP contribution in [-0.2, 0) is 17.8 Å². The summed E-state index contributed by atoms with van der Waals surface area (Å²) in [5.74, 6) is 0.133. The fraction of sp³-hybridized carbons (Fsp3) is 0.273. The number of fused-ring (bicyclic) bond motifs is 1. The van der Waals surface area contributed by atoms with Gasteiger partial charge in [0.2, 0.25) is 0 Å². The zero-order chi connectivity index (χ0) is 27.2. The van der Waals surface area contributed by atoms with Crippen LogP contribution in [0.15, 0.2) is 78.9 Å². The summed E-state index contributed by atoms with van der Waals surface area (Å²) < 4.78 is 0. The van der Waals surface area contributed by atoms with Crippen molar-refractivity contribution in [2.45, 2.75) is 44.0 Å². The monoisotopic (exact) mass is 557 g/mol. The first-order valence-corrected chi connectivity index (χ1v) is 14.7. The van der Waals surface area contributed by atoms with Crippen molar-refractivity contribution in [2.24, 2.45) is 5.41 Å². The van der Waals surface area contributed by atoms with E-state index in [9.17, 15) is 15.0 Å². The van der Waals surface area contributed by atoms with Crippen molar-refractivity contribution in [3.8, 4) is 0 Å². The molecule has 1 saturated carbocycles. The van der Waals surface area contributed by atoms with Gasteiger partial charge >= 0.3 is 5.97 Å². The van der Waals surface area contributed by atoms with Gasteiger partial charge in [0.05, 0.1) is 24.2 Å². The highest BCUT2D eigenvalue weighted by Gasteiger charge is 2.44. The van der Waals surface area contributed by atoms with Crippen molar-refractivity contribution in [1.82, 2.24) is 4.98 Å². The highest BCUT2D eigenvalue weighted by molar-refractivity contribution is 7.99. The lowest BCUT2D eigenvalue weighted by Gasteiger charge is -2.21. The molecule has 1 aromatic heterocycles. The largest absolute Gasteiger partial charge is 0.481 e. The number of halogens is 1. The number of nitrogens with zero attached hydrogens (tertiary/aromatic N) is 1. The summed E-state index contributed by atoms with van der Waals surface area (Å²) in [5.41, 5.74) is 6.11. The van der Waals surface area contributed by atoms with E-state index in [1.807, 2.05) is 60.3 Å². The van der Waals surface area contributed by atoms with Gasteiger partial charge in [0.1, 0.15) is 0 Å². The number of aliphatic hydroxyl groups is 1. The van der Waals surface area contributed by atoms with E-state index in [-0.39, 0.29) is 23.7 Å². The maximum Gasteiger partial charge on any atom is 0.303 e. The van der Waals surface area contributed by atoms with Gasteiger partial charge in [-0.3, -0.25) is 4.79 Å². The lowest BCUT2D eigenvalue weighted by Crippen LogP contribution is -2.12. The second-order valence-corrected chi connectivity index (χ2v) is 12.0. The van der Waals surface area contributed by atoms with Crippen molar-refractivity contribution in [2.75, 3.05) is 5.75 Å². The molecule has 200 valence electrons. The molecule has 2 N–H and O–H groups in total. The Morgan fingerprint density at radius 3 is 2.56 bits per heavy atom. The summed E-state index contributed by atoms with van der Waals surface area (Å²) in [4.78, 5) is 16.2. The average molecular weight is 558 g/mol. The van der Waals surface area contributed by atoms with E-state index in [2.05, 4.69) is 42.5 Å². The zero-order valence-corrected chi connectivity index (χ0v) is 23.3. The Morgan fingerprint density at radius 1 is 1.00 bits per heavy atom. The van der Waals surface area contributed by atoms with Gasteiger partial charge in [-0.15, -0.1) is 0 Å². The van der Waals surface area contributed by atoms with E-state index in [1.54, 1.807) is 0 Å². The highest BCUT2D eigenvalue weighted by atomic mass is 35.5. The van der Waals surface area contributed by atoms with Crippen LogP contribution in [-0.4, -0.2) is 26.9 Å². The first kappa shape index (κ1) is 27.4. The van der Waals surface area contributed by atoms with E-state index in [0.717, 1.165) is 64.7 Å². The number of rotatable bonds is 12. The third-order valence-corrected chi connectivity index (χ3v) is 9.37. The molecule has 1 aliphatic carbocycles. The van der Waals surface area contributed by atoms with Gasteiger partial charge in [0.25, 0.3) is 0 Å². The van der Waals surface area contributed by atoms with Gasteiger partial charge in [0.15, 0.2) is 0 Å². The minimum Gasteiger partial charge on any atom is -0.481 e. The number of hydrogen-bond donors (Lipinski definition) is 2. The normalized spacial score (nSPS) is 15.0. The molecule has 6 heteroatoms. The number of hydrogen-bond acceptors (Lipinski definition) is 4. The van der Waals surface area contributed by atoms with Crippen LogP contribution in [0.5, 0.6) is 0 Å². The average Bonchev–Trinajstić information content (AvgIpc) is 3.70. The van der Waals surface area contributed by atoms with Crippen molar-refractivity contribution in [3.63, 3.8) is 0 Å². The third kappa shape index (κ3) is 7.30. The number of aliphatic carboxylic acids is 1. The van der Waals surface area contributed by atoms with Crippen LogP contribution >= 0.6 is 23.4 Å². The van der Waals surface area contributed by atoms with E-state index in [4.69, 9.17) is 16.6 Å². The fourth-order valence-corrected chi connectivity index (χ4v) is 6.71. The van der Waals surface area contributed by atoms with Crippen LogP contribution in [0.2, 0.25) is 5.02 Å². The molecule has 0 amide bonds. The van der Waals surface area contributed by atoms with Crippen LogP contribution < -0.4 is 0 Å². The lowest BCUT2D eigenvalue weighted by molar-refractivity contribution is -0.138. The van der Waals surface area contributed by atoms with Crippen LogP contribution in [0.1, 0.15) is 58.9 Å². The predicted molar refractivity (Wildman–Crippen MR) is 162 cm³/mol. The van der Waals surface area contributed by atoms with Crippen LogP contribution in [0, 0.1) is 5.41 Å². The fourth-order valence-electron chi connectivity index (χ4n) is 4.98. The number of aromatic nitrogens is 1. The molecular weight excluding hydrogens is 526 g/mol.